The summed E-state index contributed by atoms with van der Waals surface area (Å²) >= 11 is 0. The highest BCUT2D eigenvalue weighted by Gasteiger charge is 2.42. The van der Waals surface area contributed by atoms with Crippen LogP contribution >= 0.6 is 0 Å². The molecule has 1 aromatic carbocycles. The second-order valence-corrected chi connectivity index (χ2v) is 6.95. The molecule has 0 radical (unpaired) electrons. The Hall–Kier alpha value is -3.83. The lowest BCUT2D eigenvalue weighted by molar-refractivity contribution is -0.143. The molecule has 0 aliphatic heterocycles. The molecule has 0 spiro atoms. The fourth-order valence-corrected chi connectivity index (χ4v) is 3.03. The number of halogens is 4. The summed E-state index contributed by atoms with van der Waals surface area (Å²) in [4.78, 5) is 16.8. The molecule has 0 bridgehead atoms. The molecule has 160 valence electrons. The Morgan fingerprint density at radius 1 is 1.13 bits per heavy atom. The van der Waals surface area contributed by atoms with Crippen molar-refractivity contribution in [1.29, 1.82) is 0 Å². The zero-order chi connectivity index (χ0) is 22.3. The van der Waals surface area contributed by atoms with Gasteiger partial charge in [0.25, 0.3) is 5.91 Å². The smallest absolute Gasteiger partial charge is 0.319 e. The lowest BCUT2D eigenvalue weighted by Crippen LogP contribution is -2.21. The molecule has 0 unspecified atom stereocenters. The molecule has 0 saturated heterocycles. The number of pyridine rings is 1. The predicted molar refractivity (Wildman–Crippen MR) is 102 cm³/mol. The Balaban J connectivity index is 1.69. The number of aromatic nitrogens is 6. The summed E-state index contributed by atoms with van der Waals surface area (Å²) in [5.41, 5.74) is -1.64. The quantitative estimate of drug-likeness (QED) is 0.492. The van der Waals surface area contributed by atoms with Gasteiger partial charge < -0.3 is 5.32 Å². The van der Waals surface area contributed by atoms with Crippen LogP contribution in [-0.4, -0.2) is 35.7 Å². The first kappa shape index (κ1) is 20.4. The summed E-state index contributed by atoms with van der Waals surface area (Å²) in [6, 6.07) is 5.77. The Labute approximate surface area is 172 Å². The first-order chi connectivity index (χ1) is 14.6. The van der Waals surface area contributed by atoms with Crippen molar-refractivity contribution in [2.45, 2.75) is 26.1 Å². The molecule has 3 heterocycles. The predicted octanol–water partition coefficient (Wildman–Crippen LogP) is 4.00. The molecule has 31 heavy (non-hydrogen) atoms. The SMILES string of the molecule is CC(C)n1ncc2cc(NC(=O)c3nnn(-c4ccc(F)cc4)c3C(F)(F)F)cnc21. The molecule has 0 aliphatic carbocycles. The van der Waals surface area contributed by atoms with Crippen molar-refractivity contribution in [2.75, 3.05) is 5.32 Å². The summed E-state index contributed by atoms with van der Waals surface area (Å²) in [6.45, 7) is 3.85. The van der Waals surface area contributed by atoms with Crippen molar-refractivity contribution in [3.05, 3.63) is 59.9 Å². The first-order valence-corrected chi connectivity index (χ1v) is 9.08. The number of nitrogens with one attached hydrogen (secondary N) is 1. The molecule has 1 N–H and O–H groups in total. The molecule has 3 aromatic heterocycles. The van der Waals surface area contributed by atoms with Crippen molar-refractivity contribution < 1.29 is 22.4 Å². The molecule has 8 nitrogen and oxygen atoms in total. The van der Waals surface area contributed by atoms with E-state index in [0.29, 0.717) is 15.7 Å². The van der Waals surface area contributed by atoms with Gasteiger partial charge in [0.2, 0.25) is 0 Å². The van der Waals surface area contributed by atoms with Gasteiger partial charge >= 0.3 is 6.18 Å². The third kappa shape index (κ3) is 3.83. The van der Waals surface area contributed by atoms with Crippen LogP contribution in [0.3, 0.4) is 0 Å². The highest BCUT2D eigenvalue weighted by atomic mass is 19.4. The summed E-state index contributed by atoms with van der Waals surface area (Å²) in [7, 11) is 0. The summed E-state index contributed by atoms with van der Waals surface area (Å²) in [6.07, 6.45) is -2.08. The molecule has 0 saturated carbocycles. The largest absolute Gasteiger partial charge is 0.435 e. The third-order valence-corrected chi connectivity index (χ3v) is 4.41. The van der Waals surface area contributed by atoms with Crippen LogP contribution in [0.15, 0.2) is 42.7 Å². The average molecular weight is 433 g/mol. The van der Waals surface area contributed by atoms with Crippen LogP contribution in [0.2, 0.25) is 0 Å². The maximum absolute atomic E-state index is 13.7. The fraction of sp³-hybridized carbons (Fsp3) is 0.211. The lowest BCUT2D eigenvalue weighted by Gasteiger charge is -2.11. The maximum atomic E-state index is 13.7. The summed E-state index contributed by atoms with van der Waals surface area (Å²) < 4.78 is 56.4. The third-order valence-electron chi connectivity index (χ3n) is 4.41. The van der Waals surface area contributed by atoms with Gasteiger partial charge in [0.15, 0.2) is 17.0 Å². The van der Waals surface area contributed by atoms with E-state index in [4.69, 9.17) is 0 Å². The maximum Gasteiger partial charge on any atom is 0.435 e. The molecular formula is C19H15F4N7O. The topological polar surface area (TPSA) is 90.5 Å². The number of nitrogens with zero attached hydrogens (tertiary/aromatic N) is 6. The van der Waals surface area contributed by atoms with Gasteiger partial charge in [0.05, 0.1) is 23.8 Å². The first-order valence-electron chi connectivity index (χ1n) is 9.08. The van der Waals surface area contributed by atoms with E-state index in [9.17, 15) is 22.4 Å². The molecule has 12 heteroatoms. The van der Waals surface area contributed by atoms with Crippen LogP contribution in [0.25, 0.3) is 16.7 Å². The zero-order valence-electron chi connectivity index (χ0n) is 16.2. The number of hydrogen-bond acceptors (Lipinski definition) is 5. The van der Waals surface area contributed by atoms with Crippen LogP contribution in [-0.2, 0) is 6.18 Å². The average Bonchev–Trinajstić information content (AvgIpc) is 3.32. The highest BCUT2D eigenvalue weighted by Crippen LogP contribution is 2.33. The van der Waals surface area contributed by atoms with Crippen LogP contribution in [0.1, 0.15) is 36.1 Å². The van der Waals surface area contributed by atoms with Gasteiger partial charge in [-0.05, 0) is 44.2 Å². The minimum atomic E-state index is -4.94. The number of anilines is 1. The van der Waals surface area contributed by atoms with Gasteiger partial charge in [0, 0.05) is 11.4 Å². The Morgan fingerprint density at radius 2 is 1.84 bits per heavy atom. The molecule has 0 atom stereocenters. The van der Waals surface area contributed by atoms with E-state index in [1.165, 1.54) is 6.20 Å². The van der Waals surface area contributed by atoms with E-state index in [0.717, 1.165) is 24.3 Å². The number of carbonyl (C=O) groups excluding carboxylic acids is 1. The van der Waals surface area contributed by atoms with Gasteiger partial charge in [-0.3, -0.25) is 4.79 Å². The second kappa shape index (κ2) is 7.45. The summed E-state index contributed by atoms with van der Waals surface area (Å²) in [5, 5.41) is 14.0. The van der Waals surface area contributed by atoms with Crippen molar-refractivity contribution in [2.24, 2.45) is 0 Å². The normalized spacial score (nSPS) is 12.0. The Bertz CT molecular complexity index is 1260. The standard InChI is InChI=1S/C19H15F4N7O/c1-10(2)29-17-11(8-25-29)7-13(9-24-17)26-18(31)15-16(19(21,22)23)30(28-27-15)14-5-3-12(20)4-6-14/h3-10H,1-2H3,(H,26,31). The van der Waals surface area contributed by atoms with Gasteiger partial charge in [-0.25, -0.2) is 18.7 Å². The van der Waals surface area contributed by atoms with E-state index >= 15 is 0 Å². The number of rotatable bonds is 4. The van der Waals surface area contributed by atoms with E-state index in [-0.39, 0.29) is 17.4 Å². The second-order valence-electron chi connectivity index (χ2n) is 6.95. The highest BCUT2D eigenvalue weighted by molar-refractivity contribution is 6.04. The van der Waals surface area contributed by atoms with Gasteiger partial charge in [0.1, 0.15) is 5.82 Å². The molecule has 1 amide bonds. The number of alkyl halides is 3. The minimum absolute atomic E-state index is 0.0567. The molecule has 4 rings (SSSR count). The van der Waals surface area contributed by atoms with Crippen LogP contribution < -0.4 is 5.32 Å². The number of carbonyl (C=O) groups is 1. The van der Waals surface area contributed by atoms with E-state index in [2.05, 4.69) is 25.7 Å². The van der Waals surface area contributed by atoms with Gasteiger partial charge in [-0.1, -0.05) is 5.21 Å². The Morgan fingerprint density at radius 3 is 2.48 bits per heavy atom. The zero-order valence-corrected chi connectivity index (χ0v) is 16.2. The van der Waals surface area contributed by atoms with E-state index in [1.54, 1.807) is 16.9 Å². The van der Waals surface area contributed by atoms with Gasteiger partial charge in [-0.15, -0.1) is 5.10 Å². The number of fused-ring (bicyclic) bond motifs is 1. The number of hydrogen-bond donors (Lipinski definition) is 1. The monoisotopic (exact) mass is 433 g/mol. The Kier molecular flexibility index (Phi) is 4.91. The van der Waals surface area contributed by atoms with E-state index in [1.807, 2.05) is 13.8 Å². The van der Waals surface area contributed by atoms with Crippen molar-refractivity contribution in [3.63, 3.8) is 0 Å². The van der Waals surface area contributed by atoms with Crippen LogP contribution in [0.5, 0.6) is 0 Å². The lowest BCUT2D eigenvalue weighted by atomic mass is 10.2. The molecule has 4 aromatic rings. The minimum Gasteiger partial charge on any atom is -0.319 e. The fourth-order valence-electron chi connectivity index (χ4n) is 3.03. The van der Waals surface area contributed by atoms with E-state index < -0.39 is 29.3 Å². The van der Waals surface area contributed by atoms with Crippen LogP contribution in [0.4, 0.5) is 23.2 Å². The van der Waals surface area contributed by atoms with Crippen LogP contribution in [0, 0.1) is 5.82 Å². The number of benzene rings is 1. The molecule has 0 fully saturated rings. The van der Waals surface area contributed by atoms with Crippen molar-refractivity contribution in [1.82, 2.24) is 29.8 Å². The molecule has 0 aliphatic rings. The van der Waals surface area contributed by atoms with Crippen molar-refractivity contribution in [3.8, 4) is 5.69 Å². The number of amides is 1. The molecular weight excluding hydrogens is 418 g/mol. The van der Waals surface area contributed by atoms with Gasteiger partial charge in [-0.2, -0.15) is 18.3 Å². The van der Waals surface area contributed by atoms with Crippen molar-refractivity contribution >= 4 is 22.6 Å². The summed E-state index contributed by atoms with van der Waals surface area (Å²) in [5.74, 6) is -1.74.